The number of hydrogen-bond donors (Lipinski definition) is 1. The van der Waals surface area contributed by atoms with Crippen molar-refractivity contribution in [3.05, 3.63) is 259 Å². The summed E-state index contributed by atoms with van der Waals surface area (Å²) in [6, 6.07) is 86.6. The van der Waals surface area contributed by atoms with E-state index in [0.717, 1.165) is 89.0 Å². The Hall–Kier alpha value is -9.32. The Morgan fingerprint density at radius 2 is 1.00 bits per heavy atom. The molecule has 328 valence electrons. The third-order valence-corrected chi connectivity index (χ3v) is 14.0. The number of fused-ring (bicyclic) bond motifs is 9. The second kappa shape index (κ2) is 16.2. The summed E-state index contributed by atoms with van der Waals surface area (Å²) in [5.74, 6) is 1.42. The summed E-state index contributed by atoms with van der Waals surface area (Å²) in [5.41, 5.74) is 14.6. The van der Waals surface area contributed by atoms with E-state index in [1.807, 2.05) is 12.1 Å². The van der Waals surface area contributed by atoms with Gasteiger partial charge in [-0.25, -0.2) is 9.98 Å². The molecule has 0 aliphatic carbocycles. The van der Waals surface area contributed by atoms with Gasteiger partial charge >= 0.3 is 0 Å². The Morgan fingerprint density at radius 1 is 0.386 bits per heavy atom. The van der Waals surface area contributed by atoms with Crippen molar-refractivity contribution in [2.75, 3.05) is 0 Å². The second-order valence-corrected chi connectivity index (χ2v) is 18.1. The first kappa shape index (κ1) is 39.8. The lowest BCUT2D eigenvalue weighted by molar-refractivity contribution is 0.669. The van der Waals surface area contributed by atoms with Gasteiger partial charge in [0.05, 0.1) is 16.7 Å². The quantitative estimate of drug-likeness (QED) is 0.173. The number of benzene rings is 11. The monoisotopic (exact) mass is 894 g/mol. The molecule has 1 N–H and O–H groups in total. The molecule has 2 aromatic heterocycles. The van der Waals surface area contributed by atoms with Crippen LogP contribution in [0.15, 0.2) is 257 Å². The van der Waals surface area contributed by atoms with Crippen LogP contribution in [0.2, 0.25) is 0 Å². The van der Waals surface area contributed by atoms with Crippen LogP contribution in [-0.2, 0) is 0 Å². The van der Waals surface area contributed by atoms with Crippen molar-refractivity contribution in [3.8, 4) is 39.1 Å². The minimum atomic E-state index is -0.496. The molecule has 1 unspecified atom stereocenters. The lowest BCUT2D eigenvalue weighted by Gasteiger charge is -2.26. The molecule has 3 heterocycles. The van der Waals surface area contributed by atoms with E-state index in [9.17, 15) is 0 Å². The van der Waals surface area contributed by atoms with Crippen molar-refractivity contribution >= 4 is 77.0 Å². The Bertz CT molecular complexity index is 4280. The molecule has 0 spiro atoms. The highest BCUT2D eigenvalue weighted by Crippen LogP contribution is 2.43. The van der Waals surface area contributed by atoms with E-state index >= 15 is 0 Å². The molecule has 0 bridgehead atoms. The first-order chi connectivity index (χ1) is 34.7. The molecule has 0 saturated heterocycles. The topological polar surface area (TPSA) is 54.8 Å². The molecular weight excluding hydrogens is 853 g/mol. The molecule has 1 atom stereocenters. The summed E-state index contributed by atoms with van der Waals surface area (Å²) >= 11 is 0. The number of furan rings is 1. The summed E-state index contributed by atoms with van der Waals surface area (Å²) < 4.78 is 8.91. The summed E-state index contributed by atoms with van der Waals surface area (Å²) in [7, 11) is 0. The van der Waals surface area contributed by atoms with Crippen molar-refractivity contribution in [1.29, 1.82) is 0 Å². The third-order valence-electron chi connectivity index (χ3n) is 14.0. The predicted molar refractivity (Wildman–Crippen MR) is 291 cm³/mol. The lowest BCUT2D eigenvalue weighted by atomic mass is 9.95. The predicted octanol–water partition coefficient (Wildman–Crippen LogP) is 16.5. The largest absolute Gasteiger partial charge is 0.456 e. The van der Waals surface area contributed by atoms with E-state index < -0.39 is 6.17 Å². The SMILES string of the molecule is c1ccc(-c2ccccc2C2=NC(c3ccc(-n4c5cc6ccccc6cc5c5ccc6ccccc6c54)c(-c4ccc5oc6ccccc6c5c4)c3)NC(c3ccccc3-c3ccccc3)=N2)cc1. The number of aromatic nitrogens is 1. The number of rotatable bonds is 7. The van der Waals surface area contributed by atoms with Crippen LogP contribution in [0.5, 0.6) is 0 Å². The average molecular weight is 895 g/mol. The van der Waals surface area contributed by atoms with E-state index in [4.69, 9.17) is 14.4 Å². The van der Waals surface area contributed by atoms with Crippen molar-refractivity contribution in [2.45, 2.75) is 6.17 Å². The Morgan fingerprint density at radius 3 is 1.77 bits per heavy atom. The van der Waals surface area contributed by atoms with Crippen LogP contribution in [0.3, 0.4) is 0 Å². The van der Waals surface area contributed by atoms with E-state index in [1.165, 1.54) is 37.8 Å². The maximum Gasteiger partial charge on any atom is 0.160 e. The van der Waals surface area contributed by atoms with Crippen molar-refractivity contribution < 1.29 is 4.42 Å². The van der Waals surface area contributed by atoms with Crippen LogP contribution in [0.1, 0.15) is 22.9 Å². The van der Waals surface area contributed by atoms with Gasteiger partial charge in [-0.1, -0.05) is 200 Å². The van der Waals surface area contributed by atoms with E-state index in [1.54, 1.807) is 0 Å². The Balaban J connectivity index is 1.03. The number of nitrogens with zero attached hydrogens (tertiary/aromatic N) is 3. The van der Waals surface area contributed by atoms with Crippen molar-refractivity contribution in [3.63, 3.8) is 0 Å². The van der Waals surface area contributed by atoms with Gasteiger partial charge in [-0.2, -0.15) is 0 Å². The fourth-order valence-corrected chi connectivity index (χ4v) is 10.7. The highest BCUT2D eigenvalue weighted by atomic mass is 16.3. The van der Waals surface area contributed by atoms with E-state index in [0.29, 0.717) is 5.84 Å². The fourth-order valence-electron chi connectivity index (χ4n) is 10.7. The minimum absolute atomic E-state index is 0.496. The summed E-state index contributed by atoms with van der Waals surface area (Å²) in [6.07, 6.45) is -0.496. The Kier molecular flexibility index (Phi) is 9.20. The maximum atomic E-state index is 6.41. The molecule has 14 rings (SSSR count). The third kappa shape index (κ3) is 6.55. The molecule has 70 heavy (non-hydrogen) atoms. The molecule has 11 aromatic carbocycles. The normalized spacial score (nSPS) is 13.9. The van der Waals surface area contributed by atoms with Crippen LogP contribution in [-0.4, -0.2) is 16.2 Å². The summed E-state index contributed by atoms with van der Waals surface area (Å²) in [5, 5.41) is 13.3. The van der Waals surface area contributed by atoms with Crippen LogP contribution < -0.4 is 5.32 Å². The van der Waals surface area contributed by atoms with Gasteiger partial charge < -0.3 is 14.3 Å². The van der Waals surface area contributed by atoms with Gasteiger partial charge in [0.2, 0.25) is 0 Å². The highest BCUT2D eigenvalue weighted by Gasteiger charge is 2.27. The first-order valence-corrected chi connectivity index (χ1v) is 23.8. The zero-order valence-corrected chi connectivity index (χ0v) is 37.9. The molecule has 0 amide bonds. The average Bonchev–Trinajstić information content (AvgIpc) is 3.98. The molecule has 13 aromatic rings. The maximum absolute atomic E-state index is 6.41. The molecule has 5 nitrogen and oxygen atoms in total. The van der Waals surface area contributed by atoms with Gasteiger partial charge in [-0.15, -0.1) is 0 Å². The standard InChI is InChI=1S/C65H42N4O/c1-3-17-41(18-4-1)48-24-11-13-28-53(48)64-66-63(67-65(68-64)54-29-14-12-25-49(54)42-19-5-2-6-20-42)47-32-35-58(55(39-47)46-33-36-61-57(38-46)51-27-15-16-30-60(51)70-61)69-59-40-45-23-8-7-22-44(45)37-56(59)52-34-31-43-21-9-10-26-50(43)62(52)69/h1-40,63H,(H,66,67,68). The summed E-state index contributed by atoms with van der Waals surface area (Å²) in [6.45, 7) is 0. The zero-order valence-electron chi connectivity index (χ0n) is 37.9. The number of nitrogens with one attached hydrogen (secondary N) is 1. The molecular formula is C65H42N4O. The highest BCUT2D eigenvalue weighted by molar-refractivity contribution is 6.21. The molecule has 0 radical (unpaired) electrons. The van der Waals surface area contributed by atoms with Crippen LogP contribution in [0.25, 0.3) is 104 Å². The zero-order chi connectivity index (χ0) is 46.1. The van der Waals surface area contributed by atoms with Gasteiger partial charge in [-0.05, 0) is 92.0 Å². The van der Waals surface area contributed by atoms with Gasteiger partial charge in [-0.3, -0.25) is 0 Å². The van der Waals surface area contributed by atoms with Crippen LogP contribution in [0, 0.1) is 0 Å². The smallest absolute Gasteiger partial charge is 0.160 e. The van der Waals surface area contributed by atoms with Crippen molar-refractivity contribution in [2.24, 2.45) is 9.98 Å². The molecule has 0 saturated carbocycles. The fraction of sp³-hybridized carbons (Fsp3) is 0.0154. The minimum Gasteiger partial charge on any atom is -0.456 e. The van der Waals surface area contributed by atoms with Gasteiger partial charge in [0, 0.05) is 43.6 Å². The van der Waals surface area contributed by atoms with E-state index in [-0.39, 0.29) is 0 Å². The molecule has 1 aliphatic heterocycles. The number of hydrogen-bond acceptors (Lipinski definition) is 4. The number of para-hydroxylation sites is 1. The number of aliphatic imine (C=N–C) groups is 2. The first-order valence-electron chi connectivity index (χ1n) is 23.8. The molecule has 5 heteroatoms. The van der Waals surface area contributed by atoms with Gasteiger partial charge in [0.25, 0.3) is 0 Å². The van der Waals surface area contributed by atoms with Gasteiger partial charge in [0.1, 0.15) is 23.2 Å². The van der Waals surface area contributed by atoms with E-state index in [2.05, 4.69) is 240 Å². The Labute approximate surface area is 404 Å². The molecule has 1 aliphatic rings. The number of amidine groups is 2. The summed E-state index contributed by atoms with van der Waals surface area (Å²) in [4.78, 5) is 11.0. The van der Waals surface area contributed by atoms with Gasteiger partial charge in [0.15, 0.2) is 5.84 Å². The van der Waals surface area contributed by atoms with Crippen LogP contribution in [0.4, 0.5) is 0 Å². The lowest BCUT2D eigenvalue weighted by Crippen LogP contribution is -2.34. The van der Waals surface area contributed by atoms with Crippen molar-refractivity contribution in [1.82, 2.24) is 9.88 Å². The second-order valence-electron chi connectivity index (χ2n) is 18.1. The van der Waals surface area contributed by atoms with Crippen LogP contribution >= 0.6 is 0 Å². The molecule has 0 fully saturated rings.